The maximum Gasteiger partial charge on any atom is 0.345 e. The molecule has 2 aromatic rings. The number of amides is 1. The van der Waals surface area contributed by atoms with Crippen molar-refractivity contribution < 1.29 is 9.18 Å². The van der Waals surface area contributed by atoms with Gasteiger partial charge in [0, 0.05) is 30.9 Å². The highest BCUT2D eigenvalue weighted by Crippen LogP contribution is 2.25. The lowest BCUT2D eigenvalue weighted by atomic mass is 9.94. The Balaban J connectivity index is 1.68. The third-order valence-corrected chi connectivity index (χ3v) is 4.54. The average molecular weight is 350 g/mol. The Bertz CT molecular complexity index is 808. The highest BCUT2D eigenvalue weighted by Gasteiger charge is 2.25. The molecule has 0 unspecified atom stereocenters. The zero-order chi connectivity index (χ0) is 17.1. The van der Waals surface area contributed by atoms with Gasteiger partial charge in [0.1, 0.15) is 5.82 Å². The van der Waals surface area contributed by atoms with E-state index in [1.54, 1.807) is 17.0 Å². The van der Waals surface area contributed by atoms with Gasteiger partial charge in [0.25, 0.3) is 0 Å². The number of aromatic nitrogens is 2. The first kappa shape index (κ1) is 16.6. The molecule has 0 saturated carbocycles. The number of halogens is 2. The standard InChI is InChI=1S/C17H17ClFN3O2/c18-13-8-11(3-4-14(13)19)9-16(23)22-7-1-2-12(10-22)15-5-6-20-17(24)21-15/h3-6,8,12H,1-2,7,9-10H2,(H,20,21,24)/t12-/m0/s1. The fraction of sp³-hybridized carbons (Fsp3) is 0.353. The molecule has 1 saturated heterocycles. The number of carbonyl (C=O) groups is 1. The highest BCUT2D eigenvalue weighted by molar-refractivity contribution is 6.30. The molecule has 126 valence electrons. The SMILES string of the molecule is O=C(Cc1ccc(F)c(Cl)c1)N1CCC[C@H](c2ccnc(=O)[nH]2)C1. The second-order valence-electron chi connectivity index (χ2n) is 5.93. The average Bonchev–Trinajstić information content (AvgIpc) is 2.58. The smallest absolute Gasteiger partial charge is 0.342 e. The highest BCUT2D eigenvalue weighted by atomic mass is 35.5. The van der Waals surface area contributed by atoms with Crippen LogP contribution in [0.1, 0.15) is 30.0 Å². The van der Waals surface area contributed by atoms with Gasteiger partial charge in [-0.05, 0) is 36.6 Å². The van der Waals surface area contributed by atoms with Gasteiger partial charge in [-0.2, -0.15) is 0 Å². The van der Waals surface area contributed by atoms with Gasteiger partial charge in [-0.3, -0.25) is 4.79 Å². The normalized spacial score (nSPS) is 17.8. The van der Waals surface area contributed by atoms with Crippen LogP contribution in [0.2, 0.25) is 5.02 Å². The van der Waals surface area contributed by atoms with Crippen molar-refractivity contribution in [3.05, 3.63) is 63.0 Å². The Hall–Kier alpha value is -2.21. The summed E-state index contributed by atoms with van der Waals surface area (Å²) in [6, 6.07) is 6.10. The predicted molar refractivity (Wildman–Crippen MR) is 88.5 cm³/mol. The lowest BCUT2D eigenvalue weighted by Gasteiger charge is -2.32. The third-order valence-electron chi connectivity index (χ3n) is 4.25. The summed E-state index contributed by atoms with van der Waals surface area (Å²) in [4.78, 5) is 32.0. The van der Waals surface area contributed by atoms with E-state index in [9.17, 15) is 14.0 Å². The second kappa shape index (κ2) is 7.13. The number of hydrogen-bond acceptors (Lipinski definition) is 3. The van der Waals surface area contributed by atoms with E-state index in [4.69, 9.17) is 11.6 Å². The minimum atomic E-state index is -0.493. The topological polar surface area (TPSA) is 66.1 Å². The minimum Gasteiger partial charge on any atom is -0.342 e. The van der Waals surface area contributed by atoms with E-state index in [2.05, 4.69) is 9.97 Å². The molecule has 1 N–H and O–H groups in total. The van der Waals surface area contributed by atoms with Gasteiger partial charge in [-0.15, -0.1) is 0 Å². The molecule has 1 atom stereocenters. The van der Waals surface area contributed by atoms with Crippen LogP contribution in [0.25, 0.3) is 0 Å². The van der Waals surface area contributed by atoms with Crippen LogP contribution in [0.4, 0.5) is 4.39 Å². The number of rotatable bonds is 3. The maximum absolute atomic E-state index is 13.2. The van der Waals surface area contributed by atoms with Crippen molar-refractivity contribution in [3.63, 3.8) is 0 Å². The lowest BCUT2D eigenvalue weighted by molar-refractivity contribution is -0.131. The number of likely N-dealkylation sites (tertiary alicyclic amines) is 1. The third kappa shape index (κ3) is 3.82. The molecule has 1 aliphatic rings. The molecule has 3 rings (SSSR count). The molecule has 0 radical (unpaired) electrons. The molecule has 2 heterocycles. The van der Waals surface area contributed by atoms with Crippen LogP contribution < -0.4 is 5.69 Å². The number of carbonyl (C=O) groups excluding carboxylic acids is 1. The number of piperidine rings is 1. The number of nitrogens with one attached hydrogen (secondary N) is 1. The first-order chi connectivity index (χ1) is 11.5. The van der Waals surface area contributed by atoms with Gasteiger partial charge in [0.15, 0.2) is 0 Å². The summed E-state index contributed by atoms with van der Waals surface area (Å²) in [5.74, 6) is -0.429. The first-order valence-corrected chi connectivity index (χ1v) is 8.17. The molecule has 1 amide bonds. The molecule has 24 heavy (non-hydrogen) atoms. The molecular weight excluding hydrogens is 333 g/mol. The molecular formula is C17H17ClFN3O2. The van der Waals surface area contributed by atoms with Crippen molar-refractivity contribution in [2.75, 3.05) is 13.1 Å². The van der Waals surface area contributed by atoms with Gasteiger partial charge < -0.3 is 9.88 Å². The van der Waals surface area contributed by atoms with Crippen LogP contribution in [0.3, 0.4) is 0 Å². The minimum absolute atomic E-state index is 0.0196. The summed E-state index contributed by atoms with van der Waals surface area (Å²) in [7, 11) is 0. The summed E-state index contributed by atoms with van der Waals surface area (Å²) in [5.41, 5.74) is 1.11. The Labute approximate surface area is 143 Å². The Kier molecular flexibility index (Phi) is 4.94. The fourth-order valence-electron chi connectivity index (χ4n) is 3.01. The largest absolute Gasteiger partial charge is 0.345 e. The van der Waals surface area contributed by atoms with Crippen LogP contribution in [0.15, 0.2) is 35.3 Å². The molecule has 1 aromatic carbocycles. The summed E-state index contributed by atoms with van der Waals surface area (Å²) in [5, 5.41) is 0.0196. The lowest BCUT2D eigenvalue weighted by Crippen LogP contribution is -2.40. The van der Waals surface area contributed by atoms with Gasteiger partial charge in [-0.25, -0.2) is 14.2 Å². The van der Waals surface area contributed by atoms with Crippen LogP contribution >= 0.6 is 11.6 Å². The summed E-state index contributed by atoms with van der Waals surface area (Å²) < 4.78 is 13.2. The fourth-order valence-corrected chi connectivity index (χ4v) is 3.22. The van der Waals surface area contributed by atoms with Gasteiger partial charge in [0.2, 0.25) is 5.91 Å². The van der Waals surface area contributed by atoms with Crippen LogP contribution in [-0.4, -0.2) is 33.9 Å². The van der Waals surface area contributed by atoms with Crippen molar-refractivity contribution in [2.24, 2.45) is 0 Å². The van der Waals surface area contributed by atoms with Crippen molar-refractivity contribution in [1.82, 2.24) is 14.9 Å². The molecule has 1 aliphatic heterocycles. The molecule has 0 aliphatic carbocycles. The first-order valence-electron chi connectivity index (χ1n) is 7.80. The van der Waals surface area contributed by atoms with E-state index in [1.807, 2.05) is 0 Å². The molecule has 1 fully saturated rings. The second-order valence-corrected chi connectivity index (χ2v) is 6.34. The van der Waals surface area contributed by atoms with Gasteiger partial charge >= 0.3 is 5.69 Å². The maximum atomic E-state index is 13.2. The van der Waals surface area contributed by atoms with Crippen LogP contribution in [0.5, 0.6) is 0 Å². The van der Waals surface area contributed by atoms with Crippen molar-refractivity contribution in [3.8, 4) is 0 Å². The molecule has 1 aromatic heterocycles. The molecule has 0 spiro atoms. The number of hydrogen-bond donors (Lipinski definition) is 1. The zero-order valence-electron chi connectivity index (χ0n) is 13.0. The Morgan fingerprint density at radius 1 is 1.42 bits per heavy atom. The van der Waals surface area contributed by atoms with Crippen LogP contribution in [0, 0.1) is 5.82 Å². The van der Waals surface area contributed by atoms with Gasteiger partial charge in [0.05, 0.1) is 11.4 Å². The van der Waals surface area contributed by atoms with Crippen molar-refractivity contribution in [1.29, 1.82) is 0 Å². The molecule has 7 heteroatoms. The van der Waals surface area contributed by atoms with E-state index in [-0.39, 0.29) is 29.0 Å². The van der Waals surface area contributed by atoms with E-state index < -0.39 is 5.82 Å². The Morgan fingerprint density at radius 2 is 2.25 bits per heavy atom. The summed E-state index contributed by atoms with van der Waals surface area (Å²) in [6.45, 7) is 1.23. The number of H-pyrrole nitrogens is 1. The molecule has 5 nitrogen and oxygen atoms in total. The zero-order valence-corrected chi connectivity index (χ0v) is 13.7. The van der Waals surface area contributed by atoms with E-state index in [1.165, 1.54) is 18.3 Å². The monoisotopic (exact) mass is 349 g/mol. The summed E-state index contributed by atoms with van der Waals surface area (Å²) >= 11 is 5.76. The number of nitrogens with zero attached hydrogens (tertiary/aromatic N) is 2. The Morgan fingerprint density at radius 3 is 3.00 bits per heavy atom. The van der Waals surface area contributed by atoms with Crippen molar-refractivity contribution in [2.45, 2.75) is 25.2 Å². The quantitative estimate of drug-likeness (QED) is 0.926. The summed E-state index contributed by atoms with van der Waals surface area (Å²) in [6.07, 6.45) is 3.44. The number of aromatic amines is 1. The van der Waals surface area contributed by atoms with Crippen molar-refractivity contribution >= 4 is 17.5 Å². The van der Waals surface area contributed by atoms with Crippen LogP contribution in [-0.2, 0) is 11.2 Å². The van der Waals surface area contributed by atoms with E-state index in [0.717, 1.165) is 18.5 Å². The van der Waals surface area contributed by atoms with E-state index in [0.29, 0.717) is 18.7 Å². The van der Waals surface area contributed by atoms with E-state index >= 15 is 0 Å². The van der Waals surface area contributed by atoms with Gasteiger partial charge in [-0.1, -0.05) is 17.7 Å². The predicted octanol–water partition coefficient (Wildman–Crippen LogP) is 2.51. The number of benzene rings is 1. The molecule has 0 bridgehead atoms.